The van der Waals surface area contributed by atoms with Crippen molar-refractivity contribution >= 4 is 22.4 Å². The second kappa shape index (κ2) is 7.93. The second-order valence-corrected chi connectivity index (χ2v) is 7.45. The first-order valence-corrected chi connectivity index (χ1v) is 8.64. The summed E-state index contributed by atoms with van der Waals surface area (Å²) in [5.41, 5.74) is 6.68. The van der Waals surface area contributed by atoms with Crippen LogP contribution in [0.5, 0.6) is 0 Å². The third-order valence-electron chi connectivity index (χ3n) is 3.98. The van der Waals surface area contributed by atoms with Crippen LogP contribution in [-0.2, 0) is 10.0 Å². The molecule has 0 saturated carbocycles. The lowest BCUT2D eigenvalue weighted by Crippen LogP contribution is -2.40. The summed E-state index contributed by atoms with van der Waals surface area (Å²) in [7, 11) is -3.49. The average Bonchev–Trinajstić information content (AvgIpc) is 2.47. The smallest absolute Gasteiger partial charge is 0.243 e. The molecule has 1 aliphatic rings. The molecule has 122 valence electrons. The minimum absolute atomic E-state index is 0. The second-order valence-electron chi connectivity index (χ2n) is 5.54. The Labute approximate surface area is 138 Å². The number of rotatable bonds is 4. The fraction of sp³-hybridized carbons (Fsp3) is 0.533. The van der Waals surface area contributed by atoms with Gasteiger partial charge in [0.2, 0.25) is 10.0 Å². The Kier molecular flexibility index (Phi) is 6.82. The molecule has 1 aromatic rings. The van der Waals surface area contributed by atoms with Crippen LogP contribution in [-0.4, -0.2) is 32.4 Å². The number of hydrogen-bond donors (Lipinski definition) is 1. The number of halogens is 1. The highest BCUT2D eigenvalue weighted by Crippen LogP contribution is 2.27. The molecule has 0 amide bonds. The summed E-state index contributed by atoms with van der Waals surface area (Å²) in [4.78, 5) is 0.301. The third kappa shape index (κ3) is 3.99. The summed E-state index contributed by atoms with van der Waals surface area (Å²) in [5, 5.41) is 8.88. The summed E-state index contributed by atoms with van der Waals surface area (Å²) < 4.78 is 27.1. The fourth-order valence-electron chi connectivity index (χ4n) is 2.86. The number of nitrogens with two attached hydrogens (primary N) is 1. The van der Waals surface area contributed by atoms with Gasteiger partial charge in [-0.15, -0.1) is 12.4 Å². The number of nitriles is 1. The normalized spacial score (nSPS) is 19.2. The lowest BCUT2D eigenvalue weighted by Gasteiger charge is -2.32. The fourth-order valence-corrected chi connectivity index (χ4v) is 4.62. The van der Waals surface area contributed by atoms with Crippen molar-refractivity contribution in [3.8, 4) is 6.07 Å². The molecule has 0 spiro atoms. The van der Waals surface area contributed by atoms with E-state index in [0.717, 1.165) is 19.3 Å². The van der Waals surface area contributed by atoms with Crippen molar-refractivity contribution in [2.45, 2.75) is 31.1 Å². The molecule has 1 heterocycles. The first-order chi connectivity index (χ1) is 9.98. The summed E-state index contributed by atoms with van der Waals surface area (Å²) in [6.45, 7) is 3.42. The minimum Gasteiger partial charge on any atom is -0.330 e. The Bertz CT molecular complexity index is 653. The molecule has 0 bridgehead atoms. The molecule has 7 heteroatoms. The number of benzene rings is 1. The maximum atomic E-state index is 12.8. The summed E-state index contributed by atoms with van der Waals surface area (Å²) in [6, 6.07) is 6.74. The molecule has 1 aliphatic heterocycles. The van der Waals surface area contributed by atoms with Crippen molar-refractivity contribution in [3.05, 3.63) is 29.3 Å². The van der Waals surface area contributed by atoms with Gasteiger partial charge in [-0.2, -0.15) is 9.57 Å². The van der Waals surface area contributed by atoms with Gasteiger partial charge in [-0.25, -0.2) is 8.42 Å². The Hall–Kier alpha value is -1.13. The van der Waals surface area contributed by atoms with Gasteiger partial charge >= 0.3 is 0 Å². The van der Waals surface area contributed by atoms with Crippen LogP contribution in [0.15, 0.2) is 23.1 Å². The molecule has 0 aromatic heterocycles. The van der Waals surface area contributed by atoms with Gasteiger partial charge in [-0.05, 0) is 62.4 Å². The Morgan fingerprint density at radius 1 is 1.45 bits per heavy atom. The Balaban J connectivity index is 0.00000242. The van der Waals surface area contributed by atoms with E-state index < -0.39 is 10.0 Å². The van der Waals surface area contributed by atoms with Crippen LogP contribution >= 0.6 is 12.4 Å². The van der Waals surface area contributed by atoms with Gasteiger partial charge in [0, 0.05) is 13.1 Å². The topological polar surface area (TPSA) is 87.2 Å². The van der Waals surface area contributed by atoms with E-state index >= 15 is 0 Å². The van der Waals surface area contributed by atoms with E-state index in [1.165, 1.54) is 6.07 Å². The predicted octanol–water partition coefficient (Wildman–Crippen LogP) is 2.04. The Morgan fingerprint density at radius 2 is 2.18 bits per heavy atom. The molecule has 0 aliphatic carbocycles. The van der Waals surface area contributed by atoms with Gasteiger partial charge in [0.1, 0.15) is 0 Å². The minimum atomic E-state index is -3.49. The lowest BCUT2D eigenvalue weighted by atomic mass is 9.96. The molecule has 0 radical (unpaired) electrons. The summed E-state index contributed by atoms with van der Waals surface area (Å²) in [6.07, 6.45) is 2.77. The van der Waals surface area contributed by atoms with Gasteiger partial charge in [0.25, 0.3) is 0 Å². The van der Waals surface area contributed by atoms with Crippen LogP contribution in [0.4, 0.5) is 0 Å². The molecule has 1 saturated heterocycles. The summed E-state index contributed by atoms with van der Waals surface area (Å²) >= 11 is 0. The van der Waals surface area contributed by atoms with E-state index in [0.29, 0.717) is 41.6 Å². The van der Waals surface area contributed by atoms with Crippen LogP contribution in [0, 0.1) is 24.2 Å². The number of hydrogen-bond acceptors (Lipinski definition) is 4. The zero-order valence-electron chi connectivity index (χ0n) is 12.7. The molecule has 2 rings (SSSR count). The van der Waals surface area contributed by atoms with Crippen molar-refractivity contribution in [1.82, 2.24) is 4.31 Å². The predicted molar refractivity (Wildman–Crippen MR) is 88.3 cm³/mol. The third-order valence-corrected chi connectivity index (χ3v) is 6.00. The summed E-state index contributed by atoms with van der Waals surface area (Å²) in [5.74, 6) is 0.345. The van der Waals surface area contributed by atoms with E-state index in [1.807, 2.05) is 6.07 Å². The molecule has 2 N–H and O–H groups in total. The van der Waals surface area contributed by atoms with Crippen molar-refractivity contribution < 1.29 is 8.42 Å². The van der Waals surface area contributed by atoms with E-state index in [2.05, 4.69) is 0 Å². The molecule has 1 unspecified atom stereocenters. The quantitative estimate of drug-likeness (QED) is 0.906. The van der Waals surface area contributed by atoms with Gasteiger partial charge < -0.3 is 5.73 Å². The van der Waals surface area contributed by atoms with E-state index in [9.17, 15) is 8.42 Å². The zero-order valence-corrected chi connectivity index (χ0v) is 14.3. The van der Waals surface area contributed by atoms with Crippen LogP contribution in [0.2, 0.25) is 0 Å². The van der Waals surface area contributed by atoms with Crippen molar-refractivity contribution in [2.24, 2.45) is 11.7 Å². The highest BCUT2D eigenvalue weighted by Gasteiger charge is 2.30. The van der Waals surface area contributed by atoms with Crippen molar-refractivity contribution in [1.29, 1.82) is 5.26 Å². The first kappa shape index (κ1) is 18.9. The first-order valence-electron chi connectivity index (χ1n) is 7.20. The molecular weight excluding hydrogens is 322 g/mol. The SMILES string of the molecule is Cc1cc(C#N)ccc1S(=O)(=O)N1CCCC(CCN)C1.Cl. The molecule has 22 heavy (non-hydrogen) atoms. The molecule has 1 atom stereocenters. The number of sulfonamides is 1. The van der Waals surface area contributed by atoms with E-state index in [1.54, 1.807) is 23.4 Å². The van der Waals surface area contributed by atoms with Gasteiger partial charge in [-0.3, -0.25) is 0 Å². The van der Waals surface area contributed by atoms with Crippen LogP contribution in [0.25, 0.3) is 0 Å². The van der Waals surface area contributed by atoms with E-state index in [4.69, 9.17) is 11.0 Å². The monoisotopic (exact) mass is 343 g/mol. The molecule has 1 fully saturated rings. The molecule has 5 nitrogen and oxygen atoms in total. The lowest BCUT2D eigenvalue weighted by molar-refractivity contribution is 0.258. The average molecular weight is 344 g/mol. The standard InChI is InChI=1S/C15H21N3O2S.ClH/c1-12-9-14(10-17)4-5-15(12)21(19,20)18-8-2-3-13(11-18)6-7-16;/h4-5,9,13H,2-3,6-8,11,16H2,1H3;1H. The Morgan fingerprint density at radius 3 is 2.77 bits per heavy atom. The molecule has 1 aromatic carbocycles. The highest BCUT2D eigenvalue weighted by molar-refractivity contribution is 7.89. The number of aryl methyl sites for hydroxylation is 1. The van der Waals surface area contributed by atoms with Crippen LogP contribution in [0.1, 0.15) is 30.4 Å². The number of nitrogens with zero attached hydrogens (tertiary/aromatic N) is 2. The maximum Gasteiger partial charge on any atom is 0.243 e. The zero-order chi connectivity index (χ0) is 15.5. The largest absolute Gasteiger partial charge is 0.330 e. The van der Waals surface area contributed by atoms with Crippen LogP contribution in [0.3, 0.4) is 0 Å². The van der Waals surface area contributed by atoms with Gasteiger partial charge in [-0.1, -0.05) is 0 Å². The maximum absolute atomic E-state index is 12.8. The van der Waals surface area contributed by atoms with Crippen molar-refractivity contribution in [2.75, 3.05) is 19.6 Å². The van der Waals surface area contributed by atoms with Crippen LogP contribution < -0.4 is 5.73 Å². The van der Waals surface area contributed by atoms with E-state index in [-0.39, 0.29) is 12.4 Å². The number of piperidine rings is 1. The van der Waals surface area contributed by atoms with Crippen molar-refractivity contribution in [3.63, 3.8) is 0 Å². The van der Waals surface area contributed by atoms with Gasteiger partial charge in [0.05, 0.1) is 16.5 Å². The molecular formula is C15H22ClN3O2S. The highest BCUT2D eigenvalue weighted by atomic mass is 35.5. The van der Waals surface area contributed by atoms with Gasteiger partial charge in [0.15, 0.2) is 0 Å².